The summed E-state index contributed by atoms with van der Waals surface area (Å²) in [7, 11) is 1.49. The Morgan fingerprint density at radius 3 is 2.33 bits per heavy atom. The summed E-state index contributed by atoms with van der Waals surface area (Å²) in [5.41, 5.74) is 4.13. The van der Waals surface area contributed by atoms with Crippen molar-refractivity contribution in [3.05, 3.63) is 71.3 Å². The van der Waals surface area contributed by atoms with Gasteiger partial charge < -0.3 is 14.5 Å². The fourth-order valence-electron chi connectivity index (χ4n) is 5.82. The van der Waals surface area contributed by atoms with Crippen LogP contribution in [0.15, 0.2) is 59.0 Å². The van der Waals surface area contributed by atoms with Crippen LogP contribution in [0.4, 0.5) is 5.69 Å². The van der Waals surface area contributed by atoms with Gasteiger partial charge in [0.25, 0.3) is 5.91 Å². The summed E-state index contributed by atoms with van der Waals surface area (Å²) in [5, 5.41) is 23.5. The summed E-state index contributed by atoms with van der Waals surface area (Å²) in [4.78, 5) is 28.5. The van der Waals surface area contributed by atoms with Gasteiger partial charge in [-0.1, -0.05) is 42.8 Å². The Morgan fingerprint density at radius 1 is 1.02 bits per heavy atom. The van der Waals surface area contributed by atoms with Crippen LogP contribution in [0.1, 0.15) is 72.2 Å². The maximum absolute atomic E-state index is 13.6. The number of nitriles is 2. The van der Waals surface area contributed by atoms with Crippen LogP contribution < -0.4 is 15.0 Å². The van der Waals surface area contributed by atoms with Crippen molar-refractivity contribution < 1.29 is 18.7 Å². The van der Waals surface area contributed by atoms with E-state index in [1.165, 1.54) is 12.0 Å². The largest absolute Gasteiger partial charge is 0.496 e. The number of hydrogen-bond donors (Lipinski definition) is 1. The third kappa shape index (κ3) is 5.45. The lowest BCUT2D eigenvalue weighted by Gasteiger charge is -2.23. The second kappa shape index (κ2) is 12.0. The van der Waals surface area contributed by atoms with E-state index in [4.69, 9.17) is 9.15 Å². The molecule has 5 rings (SSSR count). The van der Waals surface area contributed by atoms with Crippen LogP contribution >= 0.6 is 0 Å². The van der Waals surface area contributed by atoms with E-state index in [-0.39, 0.29) is 17.8 Å². The molecule has 1 heterocycles. The summed E-state index contributed by atoms with van der Waals surface area (Å²) in [5.74, 6) is 0.394. The molecule has 0 spiro atoms. The molecule has 0 radical (unpaired) electrons. The van der Waals surface area contributed by atoms with Crippen molar-refractivity contribution in [2.45, 2.75) is 58.4 Å². The van der Waals surface area contributed by atoms with Crippen LogP contribution in [0.2, 0.25) is 0 Å². The summed E-state index contributed by atoms with van der Waals surface area (Å²) in [6, 6.07) is 19.0. The van der Waals surface area contributed by atoms with E-state index >= 15 is 0 Å². The van der Waals surface area contributed by atoms with Gasteiger partial charge in [-0.3, -0.25) is 14.5 Å². The maximum Gasteiger partial charge on any atom is 0.256 e. The lowest BCUT2D eigenvalue weighted by Crippen LogP contribution is -2.45. The van der Waals surface area contributed by atoms with Gasteiger partial charge in [0.2, 0.25) is 0 Å². The van der Waals surface area contributed by atoms with E-state index in [0.29, 0.717) is 64.2 Å². The number of furan rings is 1. The average molecular weight is 575 g/mol. The number of ketones is 1. The van der Waals surface area contributed by atoms with Gasteiger partial charge in [0.15, 0.2) is 12.0 Å². The zero-order valence-electron chi connectivity index (χ0n) is 24.9. The van der Waals surface area contributed by atoms with E-state index in [0.717, 1.165) is 24.0 Å². The molecular weight excluding hydrogens is 540 g/mol. The number of aryl methyl sites for hydroxylation is 1. The molecule has 1 N–H and O–H groups in total. The Balaban J connectivity index is 1.72. The summed E-state index contributed by atoms with van der Waals surface area (Å²) >= 11 is 0. The summed E-state index contributed by atoms with van der Waals surface area (Å²) in [6.45, 7) is 6.09. The van der Waals surface area contributed by atoms with Gasteiger partial charge in [-0.05, 0) is 63.3 Å². The second-order valence-corrected chi connectivity index (χ2v) is 10.9. The SMILES string of the molecule is CCC(=O)c1c(-c2ccc(C)cc2)oc2cc(N(C#N)CC)c(-c3ccc(OC)c(C(=O)NC4(C#N)CCCC4)c3)cc12. The molecule has 1 fully saturated rings. The molecule has 1 aliphatic rings. The maximum atomic E-state index is 13.6. The molecule has 0 atom stereocenters. The minimum absolute atomic E-state index is 0.0613. The molecule has 0 unspecified atom stereocenters. The number of ether oxygens (including phenoxy) is 1. The lowest BCUT2D eigenvalue weighted by atomic mass is 9.94. The molecule has 0 bridgehead atoms. The Labute approximate surface area is 251 Å². The van der Waals surface area contributed by atoms with Gasteiger partial charge in [0.1, 0.15) is 22.6 Å². The fraction of sp³-hybridized carbons (Fsp3) is 0.314. The number of benzene rings is 3. The number of hydrogen-bond acceptors (Lipinski definition) is 7. The Bertz CT molecular complexity index is 1780. The highest BCUT2D eigenvalue weighted by atomic mass is 16.5. The first kappa shape index (κ1) is 29.4. The van der Waals surface area contributed by atoms with Gasteiger partial charge in [-0.15, -0.1) is 0 Å². The van der Waals surface area contributed by atoms with Crippen LogP contribution in [-0.4, -0.2) is 30.9 Å². The molecule has 1 aromatic heterocycles. The van der Waals surface area contributed by atoms with Crippen molar-refractivity contribution in [3.8, 4) is 40.5 Å². The molecule has 1 saturated carbocycles. The third-order valence-electron chi connectivity index (χ3n) is 8.23. The van der Waals surface area contributed by atoms with Gasteiger partial charge in [-0.2, -0.15) is 10.5 Å². The number of nitrogens with one attached hydrogen (secondary N) is 1. The van der Waals surface area contributed by atoms with Crippen molar-refractivity contribution in [2.24, 2.45) is 0 Å². The first-order valence-corrected chi connectivity index (χ1v) is 14.6. The van der Waals surface area contributed by atoms with E-state index in [1.807, 2.05) is 57.2 Å². The monoisotopic (exact) mass is 574 g/mol. The van der Waals surface area contributed by atoms with E-state index in [9.17, 15) is 20.1 Å². The Hall–Kier alpha value is -5.08. The molecular formula is C35H34N4O4. The molecule has 1 aliphatic carbocycles. The number of carbonyl (C=O) groups is 2. The van der Waals surface area contributed by atoms with Crippen LogP contribution in [0, 0.1) is 29.7 Å². The van der Waals surface area contributed by atoms with Crippen molar-refractivity contribution in [1.82, 2.24) is 5.32 Å². The molecule has 43 heavy (non-hydrogen) atoms. The number of amides is 1. The zero-order chi connectivity index (χ0) is 30.7. The normalized spacial score (nSPS) is 13.7. The minimum Gasteiger partial charge on any atom is -0.496 e. The smallest absolute Gasteiger partial charge is 0.256 e. The highest BCUT2D eigenvalue weighted by molar-refractivity contribution is 6.14. The van der Waals surface area contributed by atoms with Crippen LogP contribution in [-0.2, 0) is 0 Å². The van der Waals surface area contributed by atoms with E-state index in [2.05, 4.69) is 17.6 Å². The topological polar surface area (TPSA) is 119 Å². The predicted molar refractivity (Wildman–Crippen MR) is 166 cm³/mol. The second-order valence-electron chi connectivity index (χ2n) is 10.9. The molecule has 0 aliphatic heterocycles. The minimum atomic E-state index is -0.902. The molecule has 8 nitrogen and oxygen atoms in total. The number of nitrogens with zero attached hydrogens (tertiary/aromatic N) is 3. The van der Waals surface area contributed by atoms with Crippen molar-refractivity contribution in [2.75, 3.05) is 18.6 Å². The zero-order valence-corrected chi connectivity index (χ0v) is 24.9. The third-order valence-corrected chi connectivity index (χ3v) is 8.23. The summed E-state index contributed by atoms with van der Waals surface area (Å²) < 4.78 is 11.9. The van der Waals surface area contributed by atoms with Gasteiger partial charge in [-0.25, -0.2) is 0 Å². The Morgan fingerprint density at radius 2 is 1.72 bits per heavy atom. The number of carbonyl (C=O) groups excluding carboxylic acids is 2. The molecule has 4 aromatic rings. The van der Waals surface area contributed by atoms with E-state index in [1.54, 1.807) is 18.2 Å². The number of fused-ring (bicyclic) bond motifs is 1. The Kier molecular flexibility index (Phi) is 8.23. The van der Waals surface area contributed by atoms with E-state index < -0.39 is 11.4 Å². The standard InChI is InChI=1S/C35H34N4O4/c1-5-29(40)32-26-18-25(24-13-14-30(42-4)27(17-24)34(41)38-35(20-36)15-7-8-16-35)28(39(6-2)21-37)19-31(26)43-33(32)23-11-9-22(3)10-12-23/h9-14,17-19H,5-8,15-16H2,1-4H3,(H,38,41). The summed E-state index contributed by atoms with van der Waals surface area (Å²) in [6.07, 6.45) is 5.49. The quantitative estimate of drug-likeness (QED) is 0.124. The molecule has 0 saturated heterocycles. The highest BCUT2D eigenvalue weighted by Gasteiger charge is 2.36. The highest BCUT2D eigenvalue weighted by Crippen LogP contribution is 2.42. The predicted octanol–water partition coefficient (Wildman–Crippen LogP) is 7.55. The van der Waals surface area contributed by atoms with Gasteiger partial charge in [0.05, 0.1) is 30.0 Å². The first-order chi connectivity index (χ1) is 20.8. The van der Waals surface area contributed by atoms with Crippen LogP contribution in [0.5, 0.6) is 5.75 Å². The molecule has 3 aromatic carbocycles. The number of rotatable bonds is 9. The number of Topliss-reactive ketones (excluding diaryl/α,β-unsaturated/α-hetero) is 1. The van der Waals surface area contributed by atoms with Gasteiger partial charge in [0, 0.05) is 35.5 Å². The first-order valence-electron chi connectivity index (χ1n) is 14.6. The van der Waals surface area contributed by atoms with Crippen LogP contribution in [0.3, 0.4) is 0 Å². The van der Waals surface area contributed by atoms with Crippen molar-refractivity contribution in [3.63, 3.8) is 0 Å². The number of methoxy groups -OCH3 is 1. The molecule has 1 amide bonds. The van der Waals surface area contributed by atoms with Crippen molar-refractivity contribution >= 4 is 28.3 Å². The average Bonchev–Trinajstić information content (AvgIpc) is 3.65. The van der Waals surface area contributed by atoms with Crippen molar-refractivity contribution in [1.29, 1.82) is 10.5 Å². The molecule has 218 valence electrons. The van der Waals surface area contributed by atoms with Gasteiger partial charge >= 0.3 is 0 Å². The van der Waals surface area contributed by atoms with Crippen LogP contribution in [0.25, 0.3) is 33.4 Å². The lowest BCUT2D eigenvalue weighted by molar-refractivity contribution is 0.0916. The number of anilines is 1. The fourth-order valence-corrected chi connectivity index (χ4v) is 5.82. The molecule has 8 heteroatoms.